The summed E-state index contributed by atoms with van der Waals surface area (Å²) in [6.45, 7) is 22.6. The Kier molecular flexibility index (Phi) is 19.4. The lowest BCUT2D eigenvalue weighted by atomic mass is 9.89. The average molecular weight is 1130 g/mol. The summed E-state index contributed by atoms with van der Waals surface area (Å²) in [7, 11) is 3.24. The van der Waals surface area contributed by atoms with Crippen LogP contribution in [0.1, 0.15) is 143 Å². The first-order valence-corrected chi connectivity index (χ1v) is 28.7. The molecule has 440 valence electrons. The van der Waals surface area contributed by atoms with E-state index < -0.39 is 58.9 Å². The smallest absolute Gasteiger partial charge is 0.258 e. The van der Waals surface area contributed by atoms with Crippen molar-refractivity contribution in [2.24, 2.45) is 22.7 Å². The Morgan fingerprint density at radius 3 is 1.20 bits per heavy atom. The molecule has 20 nitrogen and oxygen atoms in total. The Hall–Kier alpha value is -7.58. The zero-order chi connectivity index (χ0) is 60.1. The van der Waals surface area contributed by atoms with Crippen molar-refractivity contribution in [1.82, 2.24) is 61.9 Å². The molecular formula is C62H84N12O8. The molecule has 2 fully saturated rings. The molecule has 4 aromatic rings. The quantitative estimate of drug-likeness (QED) is 0.138. The molecular weight excluding hydrogens is 1040 g/mol. The molecule has 2 aromatic heterocycles. The third kappa shape index (κ3) is 14.4. The maximum atomic E-state index is 13.7. The summed E-state index contributed by atoms with van der Waals surface area (Å²) >= 11 is 0. The van der Waals surface area contributed by atoms with Crippen molar-refractivity contribution in [3.63, 3.8) is 0 Å². The molecule has 8 atom stereocenters. The van der Waals surface area contributed by atoms with Crippen molar-refractivity contribution in [3.05, 3.63) is 95.6 Å². The highest BCUT2D eigenvalue weighted by Crippen LogP contribution is 2.29. The molecule has 0 spiro atoms. The van der Waals surface area contributed by atoms with Gasteiger partial charge in [-0.25, -0.2) is 10.9 Å². The third-order valence-electron chi connectivity index (χ3n) is 16.0. The molecule has 4 aliphatic heterocycles. The SMILES string of the molecule is CC(C)[C@H]1C(=O)N[C@@H](C)C(=O)N2CCC[C@H](N2)C(=O)N[C@H](C)c2ccc3cnc(cc3c2)/C=C/C(C)(C)C(=O)N1C.CC(C)[C@H]1C(=O)N[C@@H](C)C(=O)N2CCC[C@H](N2)C(=O)N[C@H](C)c2ccc3cnc(cc3c2)/C=C/C(C)(C)C(=O)N1C. The van der Waals surface area contributed by atoms with E-state index in [1.54, 1.807) is 80.2 Å². The minimum absolute atomic E-state index is 0.196. The van der Waals surface area contributed by atoms with E-state index in [0.717, 1.165) is 32.7 Å². The summed E-state index contributed by atoms with van der Waals surface area (Å²) < 4.78 is 0. The number of carbonyl (C=O) groups is 8. The molecule has 0 radical (unpaired) electrons. The van der Waals surface area contributed by atoms with Crippen LogP contribution in [0, 0.1) is 22.7 Å². The summed E-state index contributed by atoms with van der Waals surface area (Å²) in [6.07, 6.45) is 13.3. The number of aromatic nitrogens is 2. The van der Waals surface area contributed by atoms with Gasteiger partial charge >= 0.3 is 0 Å². The Labute approximate surface area is 482 Å². The van der Waals surface area contributed by atoms with Crippen LogP contribution in [0.3, 0.4) is 0 Å². The van der Waals surface area contributed by atoms with Crippen LogP contribution in [0.5, 0.6) is 0 Å². The molecule has 2 aromatic carbocycles. The van der Waals surface area contributed by atoms with Crippen LogP contribution in [-0.4, -0.2) is 140 Å². The summed E-state index contributed by atoms with van der Waals surface area (Å²) in [5.41, 5.74) is 7.54. The number of likely N-dealkylation sites (N-methyl/N-ethyl adjacent to an activating group) is 2. The van der Waals surface area contributed by atoms with Gasteiger partial charge in [0.2, 0.25) is 35.4 Å². The van der Waals surface area contributed by atoms with Crippen LogP contribution < -0.4 is 32.1 Å². The molecule has 0 aliphatic carbocycles. The monoisotopic (exact) mass is 1120 g/mol. The molecule has 0 saturated carbocycles. The fourth-order valence-electron chi connectivity index (χ4n) is 11.1. The molecule has 2 saturated heterocycles. The standard InChI is InChI=1S/2C31H42N6O4/c2*1-18(2)26-28(39)34-20(4)29(40)37-14-8-9-25(35-37)27(38)33-19(3)21-10-11-22-17-32-24(16-23(22)15-21)12-13-31(5,6)30(41)36(26)7/h2*10-13,15-20,25-26,35H,8-9,14H2,1-7H3,(H,33,38)(H,34,39)/b2*13-12+/t2*19-,20+,25+,26+/m11/s1. The van der Waals surface area contributed by atoms with E-state index in [1.165, 1.54) is 19.8 Å². The minimum Gasteiger partial charge on any atom is -0.348 e. The highest BCUT2D eigenvalue weighted by atomic mass is 16.2. The van der Waals surface area contributed by atoms with Crippen LogP contribution in [0.4, 0.5) is 0 Å². The summed E-state index contributed by atoms with van der Waals surface area (Å²) in [6, 6.07) is 10.9. The lowest BCUT2D eigenvalue weighted by molar-refractivity contribution is -0.148. The van der Waals surface area contributed by atoms with Crippen LogP contribution in [0.25, 0.3) is 33.7 Å². The topological polar surface area (TPSA) is 247 Å². The first kappa shape index (κ1) is 62.0. The van der Waals surface area contributed by atoms with Crippen LogP contribution >= 0.6 is 0 Å². The van der Waals surface area contributed by atoms with Gasteiger partial charge in [0.15, 0.2) is 0 Å². The summed E-state index contributed by atoms with van der Waals surface area (Å²) in [4.78, 5) is 119. The maximum Gasteiger partial charge on any atom is 0.258 e. The zero-order valence-electron chi connectivity index (χ0n) is 50.0. The predicted molar refractivity (Wildman–Crippen MR) is 316 cm³/mol. The van der Waals surface area contributed by atoms with E-state index in [2.05, 4.69) is 42.1 Å². The van der Waals surface area contributed by atoms with E-state index >= 15 is 0 Å². The Balaban J connectivity index is 0.000000236. The lowest BCUT2D eigenvalue weighted by Crippen LogP contribution is -2.62. The molecule has 20 heteroatoms. The van der Waals surface area contributed by atoms with Gasteiger partial charge in [-0.3, -0.25) is 58.3 Å². The van der Waals surface area contributed by atoms with E-state index in [0.29, 0.717) is 50.2 Å². The van der Waals surface area contributed by atoms with Gasteiger partial charge in [-0.2, -0.15) is 0 Å². The number of hydrazine groups is 2. The molecule has 6 heterocycles. The van der Waals surface area contributed by atoms with E-state index in [-0.39, 0.29) is 59.4 Å². The van der Waals surface area contributed by atoms with Gasteiger partial charge in [-0.05, 0) is 151 Å². The van der Waals surface area contributed by atoms with Gasteiger partial charge < -0.3 is 31.1 Å². The normalized spacial score (nSPS) is 27.1. The lowest BCUT2D eigenvalue weighted by Gasteiger charge is -2.37. The van der Waals surface area contributed by atoms with E-state index in [4.69, 9.17) is 0 Å². The van der Waals surface area contributed by atoms with Crippen molar-refractivity contribution < 1.29 is 38.4 Å². The van der Waals surface area contributed by atoms with Crippen LogP contribution in [0.15, 0.2) is 73.1 Å². The highest BCUT2D eigenvalue weighted by molar-refractivity contribution is 5.96. The van der Waals surface area contributed by atoms with Gasteiger partial charge in [-0.15, -0.1) is 0 Å². The Morgan fingerprint density at radius 2 is 0.841 bits per heavy atom. The van der Waals surface area contributed by atoms with Crippen molar-refractivity contribution in [1.29, 1.82) is 0 Å². The molecule has 8 rings (SSSR count). The van der Waals surface area contributed by atoms with Gasteiger partial charge in [0.25, 0.3) is 11.8 Å². The van der Waals surface area contributed by atoms with E-state index in [1.807, 2.05) is 102 Å². The molecule has 8 amide bonds. The van der Waals surface area contributed by atoms with Gasteiger partial charge in [-0.1, -0.05) is 64.1 Å². The highest BCUT2D eigenvalue weighted by Gasteiger charge is 2.40. The molecule has 4 aliphatic rings. The van der Waals surface area contributed by atoms with Gasteiger partial charge in [0, 0.05) is 50.4 Å². The third-order valence-corrected chi connectivity index (χ3v) is 16.0. The first-order chi connectivity index (χ1) is 38.6. The second kappa shape index (κ2) is 25.7. The summed E-state index contributed by atoms with van der Waals surface area (Å²) in [5.74, 6) is -2.75. The fraction of sp³-hybridized carbons (Fsp3) is 0.516. The van der Waals surface area contributed by atoms with Gasteiger partial charge in [0.1, 0.15) is 36.3 Å². The van der Waals surface area contributed by atoms with Gasteiger partial charge in [0.05, 0.1) is 34.3 Å². The largest absolute Gasteiger partial charge is 0.348 e. The summed E-state index contributed by atoms with van der Waals surface area (Å²) in [5, 5.41) is 18.4. The number of nitrogens with zero attached hydrogens (tertiary/aromatic N) is 6. The molecule has 6 N–H and O–H groups in total. The fourth-order valence-corrected chi connectivity index (χ4v) is 11.1. The number of nitrogens with one attached hydrogen (secondary N) is 6. The molecule has 82 heavy (non-hydrogen) atoms. The van der Waals surface area contributed by atoms with Crippen molar-refractivity contribution in [3.8, 4) is 0 Å². The minimum atomic E-state index is -0.924. The number of amides is 8. The van der Waals surface area contributed by atoms with Crippen LogP contribution in [0.2, 0.25) is 0 Å². The van der Waals surface area contributed by atoms with Crippen LogP contribution in [-0.2, 0) is 38.4 Å². The van der Waals surface area contributed by atoms with Crippen molar-refractivity contribution in [2.45, 2.75) is 157 Å². The zero-order valence-corrected chi connectivity index (χ0v) is 50.0. The average Bonchev–Trinajstić information content (AvgIpc) is 3.52. The second-order valence-corrected chi connectivity index (χ2v) is 24.3. The van der Waals surface area contributed by atoms with E-state index in [9.17, 15) is 38.4 Å². The number of carbonyl (C=O) groups excluding carboxylic acids is 8. The number of pyridine rings is 2. The number of hydrogen-bond donors (Lipinski definition) is 6. The number of benzene rings is 2. The van der Waals surface area contributed by atoms with Crippen molar-refractivity contribution in [2.75, 3.05) is 27.2 Å². The molecule has 0 unspecified atom stereocenters. The molecule has 10 bridgehead atoms. The number of rotatable bonds is 2. The first-order valence-electron chi connectivity index (χ1n) is 28.7. The Bertz CT molecular complexity index is 2950. The maximum absolute atomic E-state index is 13.7. The second-order valence-electron chi connectivity index (χ2n) is 24.3. The number of hydrogen-bond acceptors (Lipinski definition) is 12. The van der Waals surface area contributed by atoms with Crippen molar-refractivity contribution >= 4 is 81.0 Å². The Morgan fingerprint density at radius 1 is 0.488 bits per heavy atom. The number of fused-ring (bicyclic) bond motifs is 8. The predicted octanol–water partition coefficient (Wildman–Crippen LogP) is 5.90.